The van der Waals surface area contributed by atoms with Crippen molar-refractivity contribution in [3.8, 4) is 0 Å². The zero-order valence-electron chi connectivity index (χ0n) is 28.8. The molecule has 0 aliphatic rings. The molecule has 8 nitrogen and oxygen atoms in total. The molecule has 0 heterocycles. The molecule has 8 heteroatoms. The van der Waals surface area contributed by atoms with Crippen LogP contribution in [0.3, 0.4) is 0 Å². The number of carbonyl (C=O) groups excluding carboxylic acids is 3. The molecule has 0 aliphatic carbocycles. The average molecular weight is 630 g/mol. The van der Waals surface area contributed by atoms with Crippen LogP contribution >= 0.6 is 0 Å². The van der Waals surface area contributed by atoms with Gasteiger partial charge < -0.3 is 25.4 Å². The van der Waals surface area contributed by atoms with Crippen LogP contribution in [0.25, 0.3) is 0 Å². The Balaban J connectivity index is 2.27. The predicted molar refractivity (Wildman–Crippen MR) is 184 cm³/mol. The molecule has 0 aliphatic heterocycles. The van der Waals surface area contributed by atoms with Crippen LogP contribution in [0, 0.1) is 0 Å². The summed E-state index contributed by atoms with van der Waals surface area (Å²) in [6, 6.07) is 8.72. The highest BCUT2D eigenvalue weighted by Gasteiger charge is 2.21. The highest BCUT2D eigenvalue weighted by atomic mass is 16.6. The molecule has 45 heavy (non-hydrogen) atoms. The van der Waals surface area contributed by atoms with E-state index >= 15 is 0 Å². The zero-order chi connectivity index (χ0) is 33.0. The van der Waals surface area contributed by atoms with Crippen molar-refractivity contribution in [1.82, 2.24) is 16.0 Å². The summed E-state index contributed by atoms with van der Waals surface area (Å²) in [4.78, 5) is 37.3. The Morgan fingerprint density at radius 3 is 1.89 bits per heavy atom. The van der Waals surface area contributed by atoms with E-state index in [1.165, 1.54) is 70.6 Å². The fraction of sp³-hybridized carbons (Fsp3) is 0.703. The number of hydrogen-bond acceptors (Lipinski definition) is 5. The SMILES string of the molecule is CCCCCCCC/C=C\CCCCCCCCNC(=O)[C@@H](CCCCNC(=O)OC(C)(C)C)NC(=O)OCc1ccccc1. The van der Waals surface area contributed by atoms with Crippen molar-refractivity contribution >= 4 is 18.1 Å². The Morgan fingerprint density at radius 1 is 0.711 bits per heavy atom. The van der Waals surface area contributed by atoms with Crippen LogP contribution in [0.5, 0.6) is 0 Å². The first-order valence-corrected chi connectivity index (χ1v) is 17.6. The van der Waals surface area contributed by atoms with E-state index in [1.807, 2.05) is 51.1 Å². The van der Waals surface area contributed by atoms with Gasteiger partial charge in [0, 0.05) is 13.1 Å². The summed E-state index contributed by atoms with van der Waals surface area (Å²) in [6.45, 7) is 8.85. The molecule has 0 unspecified atom stereocenters. The maximum Gasteiger partial charge on any atom is 0.408 e. The number of allylic oxidation sites excluding steroid dienone is 2. The number of rotatable bonds is 25. The van der Waals surface area contributed by atoms with E-state index in [1.54, 1.807) is 0 Å². The van der Waals surface area contributed by atoms with Gasteiger partial charge in [0.2, 0.25) is 5.91 Å². The first kappa shape index (κ1) is 40.0. The Morgan fingerprint density at radius 2 is 1.27 bits per heavy atom. The van der Waals surface area contributed by atoms with Crippen LogP contribution in [-0.2, 0) is 20.9 Å². The van der Waals surface area contributed by atoms with Gasteiger partial charge in [-0.1, -0.05) is 107 Å². The fourth-order valence-electron chi connectivity index (χ4n) is 4.86. The minimum Gasteiger partial charge on any atom is -0.445 e. The summed E-state index contributed by atoms with van der Waals surface area (Å²) < 4.78 is 10.6. The molecule has 256 valence electrons. The zero-order valence-corrected chi connectivity index (χ0v) is 28.8. The predicted octanol–water partition coefficient (Wildman–Crippen LogP) is 9.13. The summed E-state index contributed by atoms with van der Waals surface area (Å²) in [5.74, 6) is -0.209. The Labute approximate surface area is 273 Å². The number of carbonyl (C=O) groups is 3. The molecule has 0 aromatic heterocycles. The van der Waals surface area contributed by atoms with Gasteiger partial charge in [-0.2, -0.15) is 0 Å². The smallest absolute Gasteiger partial charge is 0.408 e. The molecule has 0 bridgehead atoms. The van der Waals surface area contributed by atoms with Gasteiger partial charge in [-0.25, -0.2) is 9.59 Å². The third-order valence-electron chi connectivity index (χ3n) is 7.40. The Kier molecular flexibility index (Phi) is 23.3. The van der Waals surface area contributed by atoms with Crippen LogP contribution < -0.4 is 16.0 Å². The van der Waals surface area contributed by atoms with Crippen molar-refractivity contribution in [2.45, 2.75) is 155 Å². The number of ether oxygens (including phenoxy) is 2. The summed E-state index contributed by atoms with van der Waals surface area (Å²) in [5, 5.41) is 8.45. The molecule has 0 saturated carbocycles. The lowest BCUT2D eigenvalue weighted by Gasteiger charge is -2.20. The molecule has 1 aromatic carbocycles. The van der Waals surface area contributed by atoms with E-state index in [9.17, 15) is 14.4 Å². The lowest BCUT2D eigenvalue weighted by atomic mass is 10.1. The molecule has 0 fully saturated rings. The summed E-state index contributed by atoms with van der Waals surface area (Å²) in [5.41, 5.74) is 0.322. The van der Waals surface area contributed by atoms with Crippen LogP contribution in [0.2, 0.25) is 0 Å². The van der Waals surface area contributed by atoms with Gasteiger partial charge in [0.1, 0.15) is 18.2 Å². The number of alkyl carbamates (subject to hydrolysis) is 2. The topological polar surface area (TPSA) is 106 Å². The monoisotopic (exact) mass is 629 g/mol. The van der Waals surface area contributed by atoms with Crippen molar-refractivity contribution in [2.75, 3.05) is 13.1 Å². The second-order valence-electron chi connectivity index (χ2n) is 12.9. The first-order chi connectivity index (χ1) is 21.7. The maximum absolute atomic E-state index is 13.0. The number of unbranched alkanes of at least 4 members (excludes halogenated alkanes) is 13. The molecule has 3 amide bonds. The second-order valence-corrected chi connectivity index (χ2v) is 12.9. The Bertz CT molecular complexity index is 930. The average Bonchev–Trinajstić information content (AvgIpc) is 3.00. The lowest BCUT2D eigenvalue weighted by molar-refractivity contribution is -0.123. The molecule has 3 N–H and O–H groups in total. The second kappa shape index (κ2) is 26.2. The molecule has 0 saturated heterocycles. The largest absolute Gasteiger partial charge is 0.445 e. The molecular formula is C37H63N3O5. The van der Waals surface area contributed by atoms with Crippen molar-refractivity contribution in [2.24, 2.45) is 0 Å². The van der Waals surface area contributed by atoms with Crippen molar-refractivity contribution < 1.29 is 23.9 Å². The first-order valence-electron chi connectivity index (χ1n) is 17.6. The fourth-order valence-corrected chi connectivity index (χ4v) is 4.86. The van der Waals surface area contributed by atoms with E-state index in [4.69, 9.17) is 9.47 Å². The van der Waals surface area contributed by atoms with Gasteiger partial charge >= 0.3 is 12.2 Å². The quantitative estimate of drug-likeness (QED) is 0.0739. The lowest BCUT2D eigenvalue weighted by Crippen LogP contribution is -2.47. The number of nitrogens with one attached hydrogen (secondary N) is 3. The van der Waals surface area contributed by atoms with E-state index in [0.717, 1.165) is 24.8 Å². The van der Waals surface area contributed by atoms with Crippen LogP contribution in [-0.4, -0.2) is 42.8 Å². The third-order valence-corrected chi connectivity index (χ3v) is 7.40. The third kappa shape index (κ3) is 24.9. The van der Waals surface area contributed by atoms with Crippen molar-refractivity contribution in [3.63, 3.8) is 0 Å². The molecule has 1 atom stereocenters. The van der Waals surface area contributed by atoms with Gasteiger partial charge in [0.15, 0.2) is 0 Å². The molecule has 1 aromatic rings. The minimum atomic E-state index is -0.705. The molecule has 0 radical (unpaired) electrons. The van der Waals surface area contributed by atoms with E-state index in [2.05, 4.69) is 35.0 Å². The molecular weight excluding hydrogens is 566 g/mol. The van der Waals surface area contributed by atoms with Crippen LogP contribution in [0.1, 0.15) is 142 Å². The Hall–Kier alpha value is -3.03. The standard InChI is InChI=1S/C37H63N3O5/c1-5-6-7-8-9-10-11-12-13-14-15-16-17-18-19-24-29-38-34(41)33(28-23-25-30-39-35(42)45-37(2,3)4)40-36(43)44-31-32-26-21-20-22-27-32/h12-13,20-22,26-27,33H,5-11,14-19,23-25,28-31H2,1-4H3,(H,38,41)(H,39,42)(H,40,43)/b13-12-/t33-/m1/s1. The maximum atomic E-state index is 13.0. The van der Waals surface area contributed by atoms with Gasteiger partial charge in [0.25, 0.3) is 0 Å². The number of hydrogen-bond donors (Lipinski definition) is 3. The summed E-state index contributed by atoms with van der Waals surface area (Å²) in [6.07, 6.45) is 22.7. The van der Waals surface area contributed by atoms with Gasteiger partial charge in [-0.05, 0) is 77.7 Å². The number of amides is 3. The van der Waals surface area contributed by atoms with Gasteiger partial charge in [0.05, 0.1) is 0 Å². The summed E-state index contributed by atoms with van der Waals surface area (Å²) >= 11 is 0. The normalized spacial score (nSPS) is 12.1. The van der Waals surface area contributed by atoms with E-state index in [-0.39, 0.29) is 12.5 Å². The van der Waals surface area contributed by atoms with Crippen molar-refractivity contribution in [3.05, 3.63) is 48.0 Å². The molecule has 0 spiro atoms. The minimum absolute atomic E-state index is 0.135. The van der Waals surface area contributed by atoms with Crippen LogP contribution in [0.4, 0.5) is 9.59 Å². The van der Waals surface area contributed by atoms with E-state index < -0.39 is 23.8 Å². The van der Waals surface area contributed by atoms with Gasteiger partial charge in [-0.3, -0.25) is 4.79 Å². The van der Waals surface area contributed by atoms with E-state index in [0.29, 0.717) is 32.4 Å². The van der Waals surface area contributed by atoms with Gasteiger partial charge in [-0.15, -0.1) is 0 Å². The van der Waals surface area contributed by atoms with Crippen LogP contribution in [0.15, 0.2) is 42.5 Å². The highest BCUT2D eigenvalue weighted by molar-refractivity contribution is 5.85. The molecule has 1 rings (SSSR count). The number of benzene rings is 1. The summed E-state index contributed by atoms with van der Waals surface area (Å²) in [7, 11) is 0. The van der Waals surface area contributed by atoms with Crippen molar-refractivity contribution in [1.29, 1.82) is 0 Å². The highest BCUT2D eigenvalue weighted by Crippen LogP contribution is 2.11.